The van der Waals surface area contributed by atoms with Gasteiger partial charge in [-0.15, -0.1) is 11.3 Å². The van der Waals surface area contributed by atoms with Gasteiger partial charge in [0, 0.05) is 24.4 Å². The number of benzene rings is 1. The molecule has 0 radical (unpaired) electrons. The molecule has 1 aliphatic heterocycles. The molecule has 0 unspecified atom stereocenters. The number of carbonyl (C=O) groups is 1. The molecule has 0 bridgehead atoms. The minimum absolute atomic E-state index is 0.0809. The fourth-order valence-corrected chi connectivity index (χ4v) is 6.93. The van der Waals surface area contributed by atoms with Crippen LogP contribution in [0.2, 0.25) is 0 Å². The highest BCUT2D eigenvalue weighted by molar-refractivity contribution is 7.89. The zero-order valence-electron chi connectivity index (χ0n) is 20.6. The lowest BCUT2D eigenvalue weighted by molar-refractivity contribution is -0.120. The van der Waals surface area contributed by atoms with Crippen LogP contribution < -0.4 is 5.32 Å². The van der Waals surface area contributed by atoms with E-state index in [0.717, 1.165) is 22.4 Å². The number of hydrogen-bond donors (Lipinski definition) is 1. The third-order valence-corrected chi connectivity index (χ3v) is 9.18. The van der Waals surface area contributed by atoms with E-state index in [4.69, 9.17) is 4.52 Å². The Bertz CT molecular complexity index is 1360. The molecule has 1 saturated heterocycles. The van der Waals surface area contributed by atoms with E-state index in [-0.39, 0.29) is 35.6 Å². The van der Waals surface area contributed by atoms with Crippen molar-refractivity contribution >= 4 is 44.6 Å². The Labute approximate surface area is 210 Å². The number of hydrogen-bond acceptors (Lipinski definition) is 7. The average Bonchev–Trinajstić information content (AvgIpc) is 3.38. The first-order chi connectivity index (χ1) is 16.6. The lowest BCUT2D eigenvalue weighted by atomic mass is 9.97. The van der Waals surface area contributed by atoms with Crippen molar-refractivity contribution in [3.63, 3.8) is 0 Å². The zero-order valence-corrected chi connectivity index (χ0v) is 22.2. The van der Waals surface area contributed by atoms with Crippen molar-refractivity contribution in [2.24, 2.45) is 5.92 Å². The molecule has 0 spiro atoms. The summed E-state index contributed by atoms with van der Waals surface area (Å²) in [6.45, 7) is 10.1. The van der Waals surface area contributed by atoms with Gasteiger partial charge in [-0.2, -0.15) is 4.31 Å². The van der Waals surface area contributed by atoms with Crippen molar-refractivity contribution in [1.82, 2.24) is 14.4 Å². The fourth-order valence-electron chi connectivity index (χ4n) is 4.52. The number of aromatic nitrogens is 2. The first kappa shape index (κ1) is 25.3. The molecular formula is C25H30N4O4S2. The topological polar surface area (TPSA) is 105 Å². The van der Waals surface area contributed by atoms with E-state index in [9.17, 15) is 13.2 Å². The maximum absolute atomic E-state index is 13.5. The molecular weight excluding hydrogens is 484 g/mol. The Morgan fingerprint density at radius 3 is 2.37 bits per heavy atom. The van der Waals surface area contributed by atoms with Crippen LogP contribution >= 0.6 is 11.3 Å². The van der Waals surface area contributed by atoms with Gasteiger partial charge in [0.05, 0.1) is 5.69 Å². The van der Waals surface area contributed by atoms with Gasteiger partial charge in [-0.25, -0.2) is 13.4 Å². The van der Waals surface area contributed by atoms with Gasteiger partial charge in [0.1, 0.15) is 5.69 Å². The van der Waals surface area contributed by atoms with Gasteiger partial charge < -0.3 is 9.84 Å². The van der Waals surface area contributed by atoms with E-state index in [1.807, 2.05) is 39.2 Å². The average molecular weight is 515 g/mol. The van der Waals surface area contributed by atoms with Gasteiger partial charge >= 0.3 is 0 Å². The second-order valence-corrected chi connectivity index (χ2v) is 11.8. The van der Waals surface area contributed by atoms with Gasteiger partial charge in [0.25, 0.3) is 0 Å². The van der Waals surface area contributed by atoms with Crippen LogP contribution in [0.1, 0.15) is 52.2 Å². The number of rotatable bonds is 6. The first-order valence-corrected chi connectivity index (χ1v) is 13.8. The summed E-state index contributed by atoms with van der Waals surface area (Å²) in [4.78, 5) is 17.0. The molecule has 1 N–H and O–H groups in total. The first-order valence-electron chi connectivity index (χ1n) is 11.5. The highest BCUT2D eigenvalue weighted by Crippen LogP contribution is 2.30. The summed E-state index contributed by atoms with van der Waals surface area (Å²) in [5.74, 6) is -0.174. The van der Waals surface area contributed by atoms with Gasteiger partial charge in [0.15, 0.2) is 15.8 Å². The van der Waals surface area contributed by atoms with Crippen molar-refractivity contribution in [3.05, 3.63) is 56.9 Å². The third-order valence-electron chi connectivity index (χ3n) is 6.24. The number of anilines is 1. The van der Waals surface area contributed by atoms with Gasteiger partial charge in [0.2, 0.25) is 15.9 Å². The summed E-state index contributed by atoms with van der Waals surface area (Å²) in [7, 11) is -3.83. The minimum Gasteiger partial charge on any atom is -0.355 e. The molecule has 35 heavy (non-hydrogen) atoms. The monoisotopic (exact) mass is 514 g/mol. The Morgan fingerprint density at radius 2 is 1.77 bits per heavy atom. The third kappa shape index (κ3) is 5.39. The molecule has 8 nitrogen and oxygen atoms in total. The largest absolute Gasteiger partial charge is 0.355 e. The molecule has 186 valence electrons. The van der Waals surface area contributed by atoms with E-state index in [1.165, 1.54) is 21.2 Å². The summed E-state index contributed by atoms with van der Waals surface area (Å²) in [6, 6.07) is 4.18. The summed E-state index contributed by atoms with van der Waals surface area (Å²) >= 11 is 1.38. The van der Waals surface area contributed by atoms with Crippen molar-refractivity contribution < 1.29 is 17.7 Å². The molecule has 0 atom stereocenters. The van der Waals surface area contributed by atoms with Crippen molar-refractivity contribution in [2.75, 3.05) is 18.4 Å². The van der Waals surface area contributed by atoms with E-state index in [2.05, 4.69) is 27.6 Å². The number of sulfonamides is 1. The van der Waals surface area contributed by atoms with Crippen molar-refractivity contribution in [1.29, 1.82) is 0 Å². The second kappa shape index (κ2) is 10.0. The summed E-state index contributed by atoms with van der Waals surface area (Å²) in [5.41, 5.74) is 5.58. The Balaban J connectivity index is 1.49. The summed E-state index contributed by atoms with van der Waals surface area (Å²) in [6.07, 6.45) is 4.42. The maximum Gasteiger partial charge on any atom is 0.248 e. The van der Waals surface area contributed by atoms with E-state index in [0.29, 0.717) is 23.7 Å². The van der Waals surface area contributed by atoms with E-state index in [1.54, 1.807) is 13.0 Å². The predicted octanol–water partition coefficient (Wildman–Crippen LogP) is 4.88. The van der Waals surface area contributed by atoms with Crippen LogP contribution in [0.25, 0.3) is 12.2 Å². The number of nitrogens with one attached hydrogen (secondary N) is 1. The number of carbonyl (C=O) groups excluding carboxylic acids is 1. The standard InChI is InChI=1S/C25H30N4O4S2/c1-15-12-16(2)21(17(3)13-15)6-7-22-23(19(5)28-33-22)35(31,32)29-10-8-20(9-11-29)24(30)27-25-26-18(4)14-34-25/h6-7,12-14,20H,8-11H2,1-5H3,(H,26,27,30). The van der Waals surface area contributed by atoms with E-state index >= 15 is 0 Å². The molecule has 4 rings (SSSR count). The Hall–Kier alpha value is -2.82. The molecule has 1 fully saturated rings. The number of thiazole rings is 1. The van der Waals surface area contributed by atoms with Crippen molar-refractivity contribution in [3.8, 4) is 0 Å². The van der Waals surface area contributed by atoms with Crippen LogP contribution in [-0.4, -0.2) is 41.9 Å². The lowest BCUT2D eigenvalue weighted by Gasteiger charge is -2.30. The van der Waals surface area contributed by atoms with Crippen LogP contribution in [0.3, 0.4) is 0 Å². The van der Waals surface area contributed by atoms with Crippen molar-refractivity contribution in [2.45, 2.75) is 52.4 Å². The lowest BCUT2D eigenvalue weighted by Crippen LogP contribution is -2.41. The SMILES string of the molecule is Cc1cc(C)c(C=Cc2onc(C)c2S(=O)(=O)N2CCC(C(=O)Nc3nc(C)cs3)CC2)c(C)c1. The van der Waals surface area contributed by atoms with Crippen LogP contribution in [0, 0.1) is 40.5 Å². The molecule has 1 aromatic carbocycles. The molecule has 0 aliphatic carbocycles. The molecule has 1 amide bonds. The summed E-state index contributed by atoms with van der Waals surface area (Å²) in [5, 5.41) is 9.22. The molecule has 3 heterocycles. The van der Waals surface area contributed by atoms with E-state index < -0.39 is 10.0 Å². The number of aryl methyl sites for hydroxylation is 5. The fraction of sp³-hybridized carbons (Fsp3) is 0.400. The van der Waals surface area contributed by atoms with Crippen LogP contribution in [-0.2, 0) is 14.8 Å². The Morgan fingerprint density at radius 1 is 1.11 bits per heavy atom. The smallest absolute Gasteiger partial charge is 0.248 e. The summed E-state index contributed by atoms with van der Waals surface area (Å²) < 4.78 is 33.9. The highest BCUT2D eigenvalue weighted by atomic mass is 32.2. The van der Waals surface area contributed by atoms with Crippen LogP contribution in [0.15, 0.2) is 26.9 Å². The normalized spacial score (nSPS) is 15.7. The van der Waals surface area contributed by atoms with Crippen LogP contribution in [0.4, 0.5) is 5.13 Å². The zero-order chi connectivity index (χ0) is 25.3. The predicted molar refractivity (Wildman–Crippen MR) is 138 cm³/mol. The number of nitrogens with zero attached hydrogens (tertiary/aromatic N) is 3. The maximum atomic E-state index is 13.5. The highest BCUT2D eigenvalue weighted by Gasteiger charge is 2.36. The number of amides is 1. The van der Waals surface area contributed by atoms with Gasteiger partial charge in [-0.05, 0) is 70.2 Å². The molecule has 3 aromatic rings. The van der Waals surface area contributed by atoms with Gasteiger partial charge in [-0.1, -0.05) is 28.9 Å². The second-order valence-electron chi connectivity index (χ2n) is 9.07. The molecule has 1 aliphatic rings. The Kier molecular flexibility index (Phi) is 7.25. The minimum atomic E-state index is -3.83. The van der Waals surface area contributed by atoms with Gasteiger partial charge in [-0.3, -0.25) is 4.79 Å². The molecule has 2 aromatic heterocycles. The molecule has 10 heteroatoms. The molecule has 0 saturated carbocycles. The quantitative estimate of drug-likeness (QED) is 0.502. The van der Waals surface area contributed by atoms with Crippen LogP contribution in [0.5, 0.6) is 0 Å². The number of piperidine rings is 1.